The van der Waals surface area contributed by atoms with E-state index >= 15 is 0 Å². The second kappa shape index (κ2) is 7.19. The molecule has 0 fully saturated rings. The number of anilines is 1. The van der Waals surface area contributed by atoms with Gasteiger partial charge in [0.05, 0.1) is 11.3 Å². The van der Waals surface area contributed by atoms with E-state index in [9.17, 15) is 18.0 Å². The molecule has 3 nitrogen and oxygen atoms in total. The third-order valence-electron chi connectivity index (χ3n) is 4.40. The number of rotatable bonds is 4. The van der Waals surface area contributed by atoms with Crippen LogP contribution in [0.5, 0.6) is 11.5 Å². The maximum atomic E-state index is 13.0. The Morgan fingerprint density at radius 1 is 1.15 bits per heavy atom. The Balaban J connectivity index is 1.99. The van der Waals surface area contributed by atoms with E-state index in [4.69, 9.17) is 16.3 Å². The van der Waals surface area contributed by atoms with Gasteiger partial charge in [0.1, 0.15) is 11.6 Å². The third kappa shape index (κ3) is 3.80. The van der Waals surface area contributed by atoms with Crippen LogP contribution in [0.4, 0.5) is 18.9 Å². The van der Waals surface area contributed by atoms with E-state index in [-0.39, 0.29) is 17.3 Å². The molecule has 1 aliphatic carbocycles. The summed E-state index contributed by atoms with van der Waals surface area (Å²) in [6.07, 6.45) is -1.69. The third-order valence-corrected chi connectivity index (χ3v) is 4.64. The normalized spacial score (nSPS) is 13.4. The number of hydrogen-bond acceptors (Lipinski definition) is 2. The number of fused-ring (bicyclic) bond motifs is 1. The van der Waals surface area contributed by atoms with Crippen LogP contribution in [-0.2, 0) is 23.8 Å². The summed E-state index contributed by atoms with van der Waals surface area (Å²) < 4.78 is 44.9. The van der Waals surface area contributed by atoms with Gasteiger partial charge in [0, 0.05) is 0 Å². The first kappa shape index (κ1) is 18.6. The van der Waals surface area contributed by atoms with Gasteiger partial charge in [-0.15, -0.1) is 11.6 Å². The topological polar surface area (TPSA) is 38.3 Å². The van der Waals surface area contributed by atoms with Crippen molar-refractivity contribution in [1.82, 2.24) is 0 Å². The molecule has 0 saturated heterocycles. The molecule has 1 N–H and O–H groups in total. The summed E-state index contributed by atoms with van der Waals surface area (Å²) in [4.78, 5) is 11.6. The Labute approximate surface area is 154 Å². The zero-order valence-corrected chi connectivity index (χ0v) is 14.8. The minimum absolute atomic E-state index is 0.0576. The zero-order valence-electron chi connectivity index (χ0n) is 14.0. The summed E-state index contributed by atoms with van der Waals surface area (Å²) >= 11 is 5.46. The van der Waals surface area contributed by atoms with Crippen molar-refractivity contribution in [3.63, 3.8) is 0 Å². The number of carbonyl (C=O) groups excluding carboxylic acids is 1. The molecule has 2 aromatic carbocycles. The van der Waals surface area contributed by atoms with Crippen LogP contribution in [-0.4, -0.2) is 11.8 Å². The van der Waals surface area contributed by atoms with E-state index in [1.807, 2.05) is 19.1 Å². The minimum Gasteiger partial charge on any atom is -0.455 e. The molecule has 0 spiro atoms. The molecule has 0 heterocycles. The lowest BCUT2D eigenvalue weighted by Crippen LogP contribution is -2.14. The van der Waals surface area contributed by atoms with Crippen molar-refractivity contribution < 1.29 is 22.7 Å². The maximum Gasteiger partial charge on any atom is 0.416 e. The summed E-state index contributed by atoms with van der Waals surface area (Å²) in [5.74, 6) is -0.223. The smallest absolute Gasteiger partial charge is 0.416 e. The lowest BCUT2D eigenvalue weighted by atomic mass is 10.0. The van der Waals surface area contributed by atoms with Crippen molar-refractivity contribution >= 4 is 23.2 Å². The molecule has 0 aliphatic heterocycles. The van der Waals surface area contributed by atoms with Gasteiger partial charge >= 0.3 is 6.18 Å². The second-order valence-corrected chi connectivity index (χ2v) is 6.45. The van der Waals surface area contributed by atoms with E-state index in [1.54, 1.807) is 0 Å². The average molecular weight is 384 g/mol. The quantitative estimate of drug-likeness (QED) is 0.711. The van der Waals surface area contributed by atoms with Crippen molar-refractivity contribution in [2.45, 2.75) is 32.4 Å². The van der Waals surface area contributed by atoms with Crippen LogP contribution in [0.2, 0.25) is 0 Å². The summed E-state index contributed by atoms with van der Waals surface area (Å²) in [5, 5.41) is 2.38. The van der Waals surface area contributed by atoms with Crippen LogP contribution in [0.15, 0.2) is 30.3 Å². The predicted octanol–water partition coefficient (Wildman–Crippen LogP) is 5.47. The standard InChI is InChI=1S/C19H17ClF3NO2/c1-11-5-7-16(14-4-2-3-13(11)14)26-17-8-6-12(19(21,22)23)9-15(17)24-18(25)10-20/h5-9H,2-4,10H2,1H3,(H,24,25). The second-order valence-electron chi connectivity index (χ2n) is 6.18. The zero-order chi connectivity index (χ0) is 18.9. The van der Waals surface area contributed by atoms with E-state index in [0.717, 1.165) is 37.0 Å². The Kier molecular flexibility index (Phi) is 5.14. The van der Waals surface area contributed by atoms with Crippen molar-refractivity contribution in [1.29, 1.82) is 0 Å². The lowest BCUT2D eigenvalue weighted by Gasteiger charge is -2.17. The average Bonchev–Trinajstić information content (AvgIpc) is 3.08. The highest BCUT2D eigenvalue weighted by molar-refractivity contribution is 6.29. The summed E-state index contributed by atoms with van der Waals surface area (Å²) in [7, 11) is 0. The molecule has 138 valence electrons. The van der Waals surface area contributed by atoms with Crippen LogP contribution >= 0.6 is 11.6 Å². The van der Waals surface area contributed by atoms with E-state index in [0.29, 0.717) is 5.75 Å². The largest absolute Gasteiger partial charge is 0.455 e. The molecule has 0 radical (unpaired) electrons. The highest BCUT2D eigenvalue weighted by atomic mass is 35.5. The highest BCUT2D eigenvalue weighted by Gasteiger charge is 2.31. The number of carbonyl (C=O) groups is 1. The SMILES string of the molecule is Cc1ccc(Oc2ccc(C(F)(F)F)cc2NC(=O)CCl)c2c1CCC2. The first-order valence-corrected chi connectivity index (χ1v) is 8.69. The molecule has 3 rings (SSSR count). The van der Waals surface area contributed by atoms with Gasteiger partial charge in [0.25, 0.3) is 0 Å². The van der Waals surface area contributed by atoms with Gasteiger partial charge in [0.15, 0.2) is 5.75 Å². The van der Waals surface area contributed by atoms with Crippen LogP contribution in [0.3, 0.4) is 0 Å². The molecule has 1 amide bonds. The van der Waals surface area contributed by atoms with E-state index < -0.39 is 17.6 Å². The summed E-state index contributed by atoms with van der Waals surface area (Å²) in [5.41, 5.74) is 2.54. The van der Waals surface area contributed by atoms with Gasteiger partial charge < -0.3 is 10.1 Å². The number of alkyl halides is 4. The van der Waals surface area contributed by atoms with Crippen LogP contribution in [0.1, 0.15) is 28.7 Å². The molecule has 2 aromatic rings. The van der Waals surface area contributed by atoms with E-state index in [1.165, 1.54) is 17.2 Å². The first-order valence-electron chi connectivity index (χ1n) is 8.16. The number of amides is 1. The molecule has 7 heteroatoms. The van der Waals surface area contributed by atoms with Crippen molar-refractivity contribution in [3.8, 4) is 11.5 Å². The Morgan fingerprint density at radius 3 is 2.54 bits per heavy atom. The van der Waals surface area contributed by atoms with Crippen molar-refractivity contribution in [2.75, 3.05) is 11.2 Å². The maximum absolute atomic E-state index is 13.0. The molecule has 0 atom stereocenters. The van der Waals surface area contributed by atoms with Crippen molar-refractivity contribution in [3.05, 3.63) is 52.6 Å². The summed E-state index contributed by atoms with van der Waals surface area (Å²) in [6.45, 7) is 2.03. The van der Waals surface area contributed by atoms with Gasteiger partial charge in [-0.25, -0.2) is 0 Å². The molecule has 0 unspecified atom stereocenters. The van der Waals surface area contributed by atoms with Crippen LogP contribution in [0.25, 0.3) is 0 Å². The summed E-state index contributed by atoms with van der Waals surface area (Å²) in [6, 6.07) is 6.74. The first-order chi connectivity index (χ1) is 12.3. The van der Waals surface area contributed by atoms with Gasteiger partial charge in [-0.1, -0.05) is 6.07 Å². The van der Waals surface area contributed by atoms with Gasteiger partial charge in [0.2, 0.25) is 5.91 Å². The number of halogens is 4. The molecule has 0 saturated carbocycles. The Hall–Kier alpha value is -2.21. The number of aryl methyl sites for hydroxylation is 1. The van der Waals surface area contributed by atoms with Gasteiger partial charge in [-0.05, 0) is 67.1 Å². The molecule has 0 aromatic heterocycles. The monoisotopic (exact) mass is 383 g/mol. The predicted molar refractivity (Wildman–Crippen MR) is 94.1 cm³/mol. The fraction of sp³-hybridized carbons (Fsp3) is 0.316. The lowest BCUT2D eigenvalue weighted by molar-refractivity contribution is -0.137. The van der Waals surface area contributed by atoms with Gasteiger partial charge in [-0.2, -0.15) is 13.2 Å². The highest BCUT2D eigenvalue weighted by Crippen LogP contribution is 2.40. The van der Waals surface area contributed by atoms with E-state index in [2.05, 4.69) is 5.32 Å². The molecular formula is C19H17ClF3NO2. The molecular weight excluding hydrogens is 367 g/mol. The Morgan fingerprint density at radius 2 is 1.85 bits per heavy atom. The Bertz CT molecular complexity index is 849. The van der Waals surface area contributed by atoms with Crippen LogP contribution < -0.4 is 10.1 Å². The van der Waals surface area contributed by atoms with Crippen LogP contribution in [0, 0.1) is 6.92 Å². The number of hydrogen-bond donors (Lipinski definition) is 1. The van der Waals surface area contributed by atoms with Gasteiger partial charge in [-0.3, -0.25) is 4.79 Å². The fourth-order valence-corrected chi connectivity index (χ4v) is 3.21. The minimum atomic E-state index is -4.52. The van der Waals surface area contributed by atoms with Crippen molar-refractivity contribution in [2.24, 2.45) is 0 Å². The molecule has 0 bridgehead atoms. The number of ether oxygens (including phenoxy) is 1. The number of benzene rings is 2. The number of nitrogens with one attached hydrogen (secondary N) is 1. The fourth-order valence-electron chi connectivity index (χ4n) is 3.14. The molecule has 26 heavy (non-hydrogen) atoms. The molecule has 1 aliphatic rings.